The van der Waals surface area contributed by atoms with Crippen molar-refractivity contribution in [2.75, 3.05) is 19.6 Å². The Hall–Kier alpha value is -2.08. The molecule has 0 unspecified atom stereocenters. The van der Waals surface area contributed by atoms with E-state index in [4.69, 9.17) is 0 Å². The summed E-state index contributed by atoms with van der Waals surface area (Å²) in [6.07, 6.45) is 7.71. The Labute approximate surface area is 154 Å². The number of rotatable bonds is 6. The third-order valence-electron chi connectivity index (χ3n) is 5.08. The number of guanidine groups is 1. The molecule has 1 heterocycles. The van der Waals surface area contributed by atoms with Crippen LogP contribution >= 0.6 is 0 Å². The Morgan fingerprint density at radius 1 is 1.27 bits per heavy atom. The molecular weight excluding hydrogens is 331 g/mol. The minimum Gasteiger partial charge on any atom is -0.388 e. The summed E-state index contributed by atoms with van der Waals surface area (Å²) in [5, 5.41) is 18.1. The number of aliphatic imine (C=N–C) groups is 1. The Kier molecular flexibility index (Phi) is 6.14. The van der Waals surface area contributed by atoms with Crippen LogP contribution in [0.15, 0.2) is 29.4 Å². The summed E-state index contributed by atoms with van der Waals surface area (Å²) in [6, 6.07) is 4.80. The fourth-order valence-corrected chi connectivity index (χ4v) is 3.61. The topological polar surface area (TPSA) is 72.4 Å². The van der Waals surface area contributed by atoms with Crippen LogP contribution in [0.4, 0.5) is 4.39 Å². The number of fused-ring (bicyclic) bond motifs is 1. The molecule has 1 aromatic carbocycles. The highest BCUT2D eigenvalue weighted by Crippen LogP contribution is 2.28. The normalized spacial score (nSPS) is 17.4. The third-order valence-corrected chi connectivity index (χ3v) is 5.08. The van der Waals surface area contributed by atoms with Gasteiger partial charge in [-0.05, 0) is 49.9 Å². The molecule has 1 fully saturated rings. The van der Waals surface area contributed by atoms with Crippen LogP contribution in [0.3, 0.4) is 0 Å². The van der Waals surface area contributed by atoms with Crippen molar-refractivity contribution < 1.29 is 9.50 Å². The average molecular weight is 360 g/mol. The van der Waals surface area contributed by atoms with Gasteiger partial charge in [-0.1, -0.05) is 19.3 Å². The summed E-state index contributed by atoms with van der Waals surface area (Å²) in [6.45, 7) is 3.91. The molecule has 5 nitrogen and oxygen atoms in total. The lowest BCUT2D eigenvalue weighted by molar-refractivity contribution is 0.0131. The molecule has 1 aliphatic rings. The van der Waals surface area contributed by atoms with E-state index in [1.165, 1.54) is 12.5 Å². The highest BCUT2D eigenvalue weighted by atomic mass is 19.1. The van der Waals surface area contributed by atoms with Gasteiger partial charge in [0.1, 0.15) is 5.82 Å². The number of H-pyrrole nitrogens is 1. The molecular formula is C20H29FN4O. The first-order valence-electron chi connectivity index (χ1n) is 9.60. The summed E-state index contributed by atoms with van der Waals surface area (Å²) in [4.78, 5) is 7.76. The summed E-state index contributed by atoms with van der Waals surface area (Å²) in [7, 11) is 0. The second-order valence-corrected chi connectivity index (χ2v) is 7.16. The minimum absolute atomic E-state index is 0.220. The zero-order chi connectivity index (χ0) is 18.4. The number of hydrogen-bond donors (Lipinski definition) is 4. The number of halogens is 1. The van der Waals surface area contributed by atoms with Gasteiger partial charge in [-0.25, -0.2) is 4.39 Å². The highest BCUT2D eigenvalue weighted by molar-refractivity contribution is 5.83. The second-order valence-electron chi connectivity index (χ2n) is 7.16. The summed E-state index contributed by atoms with van der Waals surface area (Å²) >= 11 is 0. The van der Waals surface area contributed by atoms with Gasteiger partial charge in [-0.3, -0.25) is 4.99 Å². The molecule has 4 N–H and O–H groups in total. The van der Waals surface area contributed by atoms with Crippen LogP contribution < -0.4 is 10.6 Å². The fourth-order valence-electron chi connectivity index (χ4n) is 3.61. The molecule has 1 aliphatic carbocycles. The van der Waals surface area contributed by atoms with Crippen molar-refractivity contribution in [1.29, 1.82) is 0 Å². The number of nitrogens with zero attached hydrogens (tertiary/aromatic N) is 1. The first-order chi connectivity index (χ1) is 12.6. The van der Waals surface area contributed by atoms with Crippen molar-refractivity contribution in [2.45, 2.75) is 51.0 Å². The molecule has 0 radical (unpaired) electrons. The van der Waals surface area contributed by atoms with Gasteiger partial charge in [0.15, 0.2) is 5.96 Å². The number of nitrogens with one attached hydrogen (secondary N) is 3. The molecule has 0 saturated heterocycles. The lowest BCUT2D eigenvalue weighted by Crippen LogP contribution is -2.41. The molecule has 3 rings (SSSR count). The molecule has 6 heteroatoms. The molecule has 26 heavy (non-hydrogen) atoms. The molecule has 1 aromatic heterocycles. The number of benzene rings is 1. The van der Waals surface area contributed by atoms with Gasteiger partial charge in [0.05, 0.1) is 12.1 Å². The maximum absolute atomic E-state index is 13.5. The summed E-state index contributed by atoms with van der Waals surface area (Å²) in [5.41, 5.74) is 1.37. The van der Waals surface area contributed by atoms with E-state index in [1.807, 2.05) is 13.1 Å². The van der Waals surface area contributed by atoms with E-state index in [-0.39, 0.29) is 5.82 Å². The van der Waals surface area contributed by atoms with E-state index in [0.29, 0.717) is 13.1 Å². The van der Waals surface area contributed by atoms with E-state index in [9.17, 15) is 9.50 Å². The quantitative estimate of drug-likeness (QED) is 0.472. The zero-order valence-corrected chi connectivity index (χ0v) is 15.4. The molecule has 2 aromatic rings. The standard InChI is InChI=1S/C20H29FN4O/c1-2-22-19(25-14-20(26)9-4-3-5-10-20)23-11-8-15-13-24-18-7-6-16(21)12-17(15)18/h6-7,12-13,24,26H,2-5,8-11,14H2,1H3,(H2,22,23,25). The Balaban J connectivity index is 1.57. The van der Waals surface area contributed by atoms with Crippen LogP contribution in [0.5, 0.6) is 0 Å². The number of hydrogen-bond acceptors (Lipinski definition) is 2. The van der Waals surface area contributed by atoms with Crippen LogP contribution in [-0.4, -0.2) is 41.3 Å². The van der Waals surface area contributed by atoms with Crippen LogP contribution in [0.1, 0.15) is 44.6 Å². The van der Waals surface area contributed by atoms with Gasteiger partial charge < -0.3 is 20.7 Å². The van der Waals surface area contributed by atoms with Gasteiger partial charge in [-0.15, -0.1) is 0 Å². The largest absolute Gasteiger partial charge is 0.388 e. The van der Waals surface area contributed by atoms with Crippen LogP contribution in [0, 0.1) is 5.82 Å². The highest BCUT2D eigenvalue weighted by Gasteiger charge is 2.28. The van der Waals surface area contributed by atoms with Gasteiger partial charge in [-0.2, -0.15) is 0 Å². The summed E-state index contributed by atoms with van der Waals surface area (Å²) < 4.78 is 13.5. The van der Waals surface area contributed by atoms with Crippen molar-refractivity contribution in [3.63, 3.8) is 0 Å². The lowest BCUT2D eigenvalue weighted by Gasteiger charge is -2.30. The fraction of sp³-hybridized carbons (Fsp3) is 0.550. The van der Waals surface area contributed by atoms with Crippen molar-refractivity contribution in [1.82, 2.24) is 15.6 Å². The SMILES string of the molecule is CCNC(=NCC1(O)CCCCC1)NCCc1c[nH]c2ccc(F)cc12. The van der Waals surface area contributed by atoms with Crippen LogP contribution in [0.25, 0.3) is 10.9 Å². The molecule has 0 amide bonds. The monoisotopic (exact) mass is 360 g/mol. The average Bonchev–Trinajstić information content (AvgIpc) is 3.02. The van der Waals surface area contributed by atoms with Crippen molar-refractivity contribution in [3.05, 3.63) is 35.8 Å². The number of aromatic nitrogens is 1. The Morgan fingerprint density at radius 2 is 2.08 bits per heavy atom. The molecule has 142 valence electrons. The zero-order valence-electron chi connectivity index (χ0n) is 15.4. The van der Waals surface area contributed by atoms with Crippen LogP contribution in [-0.2, 0) is 6.42 Å². The van der Waals surface area contributed by atoms with Gasteiger partial charge >= 0.3 is 0 Å². The number of aliphatic hydroxyl groups is 1. The van der Waals surface area contributed by atoms with Crippen molar-refractivity contribution in [2.24, 2.45) is 4.99 Å². The molecule has 0 spiro atoms. The van der Waals surface area contributed by atoms with Gasteiger partial charge in [0.25, 0.3) is 0 Å². The second kappa shape index (κ2) is 8.54. The third kappa shape index (κ3) is 4.75. The smallest absolute Gasteiger partial charge is 0.191 e. The van der Waals surface area contributed by atoms with Crippen molar-refractivity contribution in [3.8, 4) is 0 Å². The van der Waals surface area contributed by atoms with E-state index < -0.39 is 5.60 Å². The summed E-state index contributed by atoms with van der Waals surface area (Å²) in [5.74, 6) is 0.499. The molecule has 1 saturated carbocycles. The maximum atomic E-state index is 13.5. The predicted octanol–water partition coefficient (Wildman–Crippen LogP) is 3.10. The molecule has 0 atom stereocenters. The molecule has 0 bridgehead atoms. The van der Waals surface area contributed by atoms with E-state index in [2.05, 4.69) is 20.6 Å². The molecule has 0 aliphatic heterocycles. The Morgan fingerprint density at radius 3 is 2.85 bits per heavy atom. The first kappa shape index (κ1) is 18.7. The van der Waals surface area contributed by atoms with Gasteiger partial charge in [0.2, 0.25) is 0 Å². The van der Waals surface area contributed by atoms with Crippen LogP contribution in [0.2, 0.25) is 0 Å². The minimum atomic E-state index is -0.658. The Bertz CT molecular complexity index is 749. The van der Waals surface area contributed by atoms with E-state index in [1.54, 1.807) is 12.1 Å². The van der Waals surface area contributed by atoms with Gasteiger partial charge in [0, 0.05) is 30.2 Å². The van der Waals surface area contributed by atoms with E-state index in [0.717, 1.165) is 61.1 Å². The predicted molar refractivity (Wildman–Crippen MR) is 104 cm³/mol. The number of aromatic amines is 1. The maximum Gasteiger partial charge on any atom is 0.191 e. The van der Waals surface area contributed by atoms with Crippen molar-refractivity contribution >= 4 is 16.9 Å². The first-order valence-corrected chi connectivity index (χ1v) is 9.60. The van der Waals surface area contributed by atoms with E-state index >= 15 is 0 Å². The lowest BCUT2D eigenvalue weighted by atomic mass is 9.85.